The molecule has 2 amide bonds. The van der Waals surface area contributed by atoms with E-state index < -0.39 is 5.54 Å². The van der Waals surface area contributed by atoms with Crippen LogP contribution in [0.5, 0.6) is 0 Å². The number of nitrogens with zero attached hydrogens (tertiary/aromatic N) is 1. The van der Waals surface area contributed by atoms with Gasteiger partial charge in [-0.25, -0.2) is 0 Å². The second-order valence-electron chi connectivity index (χ2n) is 6.24. The first-order valence-corrected chi connectivity index (χ1v) is 7.88. The molecule has 7 heteroatoms. The van der Waals surface area contributed by atoms with Crippen LogP contribution in [0.15, 0.2) is 0 Å². The van der Waals surface area contributed by atoms with Gasteiger partial charge >= 0.3 is 0 Å². The van der Waals surface area contributed by atoms with Crippen molar-refractivity contribution in [1.29, 1.82) is 0 Å². The molecule has 0 aromatic rings. The molecule has 0 bridgehead atoms. The van der Waals surface area contributed by atoms with Gasteiger partial charge in [-0.05, 0) is 39.5 Å². The Morgan fingerprint density at radius 1 is 1.27 bits per heavy atom. The minimum Gasteiger partial charge on any atom is -0.381 e. The van der Waals surface area contributed by atoms with Crippen LogP contribution >= 0.6 is 12.4 Å². The monoisotopic (exact) mass is 333 g/mol. The van der Waals surface area contributed by atoms with Crippen LogP contribution in [0.4, 0.5) is 0 Å². The highest BCUT2D eigenvalue weighted by Gasteiger charge is 2.50. The number of amides is 2. The van der Waals surface area contributed by atoms with Gasteiger partial charge in [0.15, 0.2) is 0 Å². The van der Waals surface area contributed by atoms with E-state index in [1.165, 1.54) is 0 Å². The lowest BCUT2D eigenvalue weighted by Gasteiger charge is -2.45. The fraction of sp³-hybridized carbons (Fsp3) is 0.867. The van der Waals surface area contributed by atoms with Gasteiger partial charge < -0.3 is 15.4 Å². The van der Waals surface area contributed by atoms with Crippen molar-refractivity contribution in [2.24, 2.45) is 0 Å². The van der Waals surface area contributed by atoms with Gasteiger partial charge in [0.25, 0.3) is 0 Å². The van der Waals surface area contributed by atoms with Crippen LogP contribution in [0.25, 0.3) is 0 Å². The van der Waals surface area contributed by atoms with E-state index in [1.54, 1.807) is 7.05 Å². The topological polar surface area (TPSA) is 70.7 Å². The maximum absolute atomic E-state index is 12.5. The molecule has 2 heterocycles. The molecule has 128 valence electrons. The minimum atomic E-state index is -0.595. The summed E-state index contributed by atoms with van der Waals surface area (Å²) in [6.45, 7) is 5.86. The zero-order valence-electron chi connectivity index (χ0n) is 13.7. The molecular weight excluding hydrogens is 306 g/mol. The number of rotatable bonds is 4. The van der Waals surface area contributed by atoms with E-state index in [-0.39, 0.29) is 36.3 Å². The number of carbonyl (C=O) groups is 2. The van der Waals surface area contributed by atoms with Crippen molar-refractivity contribution < 1.29 is 14.3 Å². The van der Waals surface area contributed by atoms with Gasteiger partial charge in [0, 0.05) is 32.8 Å². The van der Waals surface area contributed by atoms with E-state index in [2.05, 4.69) is 15.5 Å². The van der Waals surface area contributed by atoms with Gasteiger partial charge in [0.2, 0.25) is 11.8 Å². The molecule has 0 radical (unpaired) electrons. The highest BCUT2D eigenvalue weighted by atomic mass is 35.5. The largest absolute Gasteiger partial charge is 0.381 e. The van der Waals surface area contributed by atoms with Crippen LogP contribution in [0.2, 0.25) is 0 Å². The molecule has 2 aliphatic heterocycles. The van der Waals surface area contributed by atoms with Crippen LogP contribution in [-0.2, 0) is 14.3 Å². The molecule has 0 spiro atoms. The molecule has 0 aromatic heterocycles. The maximum atomic E-state index is 12.5. The highest BCUT2D eigenvalue weighted by Crippen LogP contribution is 2.35. The molecule has 0 unspecified atom stereocenters. The van der Waals surface area contributed by atoms with Crippen LogP contribution in [0.1, 0.15) is 39.5 Å². The molecule has 2 fully saturated rings. The molecule has 0 aliphatic carbocycles. The Hall–Kier alpha value is -0.850. The Bertz CT molecular complexity index is 397. The second-order valence-corrected chi connectivity index (χ2v) is 6.24. The quantitative estimate of drug-likeness (QED) is 0.794. The summed E-state index contributed by atoms with van der Waals surface area (Å²) in [6.07, 6.45) is 3.07. The standard InChI is InChI=1S/C15H27N3O3.ClH/c1-11(2)17-13(19)12-5-4-8-18(12)15(14(20)16-3)6-9-21-10-7-15;/h11-12H,4-10H2,1-3H3,(H,16,20)(H,17,19);1H/t12-;/m0./s1. The summed E-state index contributed by atoms with van der Waals surface area (Å²) >= 11 is 0. The first-order chi connectivity index (χ1) is 10.0. The SMILES string of the molecule is CNC(=O)C1(N2CCC[C@H]2C(=O)NC(C)C)CCOCC1.Cl. The van der Waals surface area contributed by atoms with Crippen molar-refractivity contribution in [3.05, 3.63) is 0 Å². The van der Waals surface area contributed by atoms with Gasteiger partial charge in [0.1, 0.15) is 5.54 Å². The van der Waals surface area contributed by atoms with Crippen molar-refractivity contribution in [2.45, 2.75) is 57.2 Å². The number of nitrogens with one attached hydrogen (secondary N) is 2. The van der Waals surface area contributed by atoms with Gasteiger partial charge in [-0.2, -0.15) is 0 Å². The Kier molecular flexibility index (Phi) is 7.09. The van der Waals surface area contributed by atoms with Crippen LogP contribution in [0, 0.1) is 0 Å². The fourth-order valence-electron chi connectivity index (χ4n) is 3.52. The van der Waals surface area contributed by atoms with Crippen LogP contribution in [0.3, 0.4) is 0 Å². The third-order valence-corrected chi connectivity index (χ3v) is 4.51. The fourth-order valence-corrected chi connectivity index (χ4v) is 3.52. The predicted molar refractivity (Wildman–Crippen MR) is 87.1 cm³/mol. The normalized spacial score (nSPS) is 24.6. The molecule has 0 aromatic carbocycles. The molecule has 22 heavy (non-hydrogen) atoms. The number of halogens is 1. The van der Waals surface area contributed by atoms with Crippen molar-refractivity contribution in [2.75, 3.05) is 26.8 Å². The molecule has 2 rings (SSSR count). The summed E-state index contributed by atoms with van der Waals surface area (Å²) < 4.78 is 5.43. The maximum Gasteiger partial charge on any atom is 0.240 e. The van der Waals surface area contributed by atoms with Crippen LogP contribution in [-0.4, -0.2) is 61.1 Å². The average molecular weight is 334 g/mol. The number of ether oxygens (including phenoxy) is 1. The molecule has 2 saturated heterocycles. The molecular formula is C15H28ClN3O3. The molecule has 2 aliphatic rings. The van der Waals surface area contributed by atoms with E-state index in [4.69, 9.17) is 4.74 Å². The van der Waals surface area contributed by atoms with E-state index in [0.717, 1.165) is 19.4 Å². The molecule has 6 nitrogen and oxygen atoms in total. The van der Waals surface area contributed by atoms with E-state index in [0.29, 0.717) is 26.1 Å². The van der Waals surface area contributed by atoms with Gasteiger partial charge in [-0.3, -0.25) is 14.5 Å². The second kappa shape index (κ2) is 8.13. The Labute approximate surface area is 138 Å². The lowest BCUT2D eigenvalue weighted by molar-refractivity contribution is -0.145. The lowest BCUT2D eigenvalue weighted by Crippen LogP contribution is -2.64. The number of hydrogen-bond donors (Lipinski definition) is 2. The highest BCUT2D eigenvalue weighted by molar-refractivity contribution is 5.88. The first-order valence-electron chi connectivity index (χ1n) is 7.88. The average Bonchev–Trinajstić information content (AvgIpc) is 2.96. The minimum absolute atomic E-state index is 0. The van der Waals surface area contributed by atoms with E-state index in [1.807, 2.05) is 13.8 Å². The smallest absolute Gasteiger partial charge is 0.240 e. The predicted octanol–water partition coefficient (Wildman–Crippen LogP) is 0.692. The summed E-state index contributed by atoms with van der Waals surface area (Å²) in [5, 5.41) is 5.77. The number of likely N-dealkylation sites (N-methyl/N-ethyl adjacent to an activating group) is 1. The summed E-state index contributed by atoms with van der Waals surface area (Å²) in [5.41, 5.74) is -0.595. The van der Waals surface area contributed by atoms with E-state index in [9.17, 15) is 9.59 Å². The zero-order valence-corrected chi connectivity index (χ0v) is 14.5. The van der Waals surface area contributed by atoms with Crippen LogP contribution < -0.4 is 10.6 Å². The number of carbonyl (C=O) groups excluding carboxylic acids is 2. The van der Waals surface area contributed by atoms with Crippen molar-refractivity contribution in [3.63, 3.8) is 0 Å². The Morgan fingerprint density at radius 3 is 2.45 bits per heavy atom. The lowest BCUT2D eigenvalue weighted by atomic mass is 9.86. The first kappa shape index (κ1) is 19.2. The van der Waals surface area contributed by atoms with Gasteiger partial charge in [0.05, 0.1) is 6.04 Å². The molecule has 1 atom stereocenters. The Balaban J connectivity index is 0.00000242. The Morgan fingerprint density at radius 2 is 1.91 bits per heavy atom. The van der Waals surface area contributed by atoms with Crippen molar-refractivity contribution in [3.8, 4) is 0 Å². The summed E-state index contributed by atoms with van der Waals surface area (Å²) in [5.74, 6) is 0.0484. The summed E-state index contributed by atoms with van der Waals surface area (Å²) in [6, 6.07) is -0.0895. The molecule has 2 N–H and O–H groups in total. The van der Waals surface area contributed by atoms with Gasteiger partial charge in [-0.1, -0.05) is 0 Å². The zero-order chi connectivity index (χ0) is 15.5. The molecule has 0 saturated carbocycles. The summed E-state index contributed by atoms with van der Waals surface area (Å²) in [4.78, 5) is 27.1. The van der Waals surface area contributed by atoms with Crippen molar-refractivity contribution >= 4 is 24.2 Å². The van der Waals surface area contributed by atoms with E-state index >= 15 is 0 Å². The third-order valence-electron chi connectivity index (χ3n) is 4.51. The van der Waals surface area contributed by atoms with Crippen molar-refractivity contribution in [1.82, 2.24) is 15.5 Å². The number of hydrogen-bond acceptors (Lipinski definition) is 4. The van der Waals surface area contributed by atoms with Gasteiger partial charge in [-0.15, -0.1) is 12.4 Å². The summed E-state index contributed by atoms with van der Waals surface area (Å²) in [7, 11) is 1.67. The number of likely N-dealkylation sites (tertiary alicyclic amines) is 1. The third kappa shape index (κ3) is 3.73.